The molecule has 1 aliphatic rings. The number of carbonyl (C=O) groups excluding carboxylic acids is 3. The third-order valence-corrected chi connectivity index (χ3v) is 4.14. The molecule has 0 N–H and O–H groups in total. The molecule has 2 amide bonds. The van der Waals surface area contributed by atoms with Crippen molar-refractivity contribution >= 4 is 17.8 Å². The van der Waals surface area contributed by atoms with Crippen molar-refractivity contribution in [2.24, 2.45) is 0 Å². The minimum atomic E-state index is -0.634. The van der Waals surface area contributed by atoms with Crippen LogP contribution in [0.1, 0.15) is 56.4 Å². The van der Waals surface area contributed by atoms with Crippen LogP contribution in [0.25, 0.3) is 0 Å². The van der Waals surface area contributed by atoms with Gasteiger partial charge in [-0.15, -0.1) is 0 Å². The number of ether oxygens (including phenoxy) is 1. The number of rotatable bonds is 5. The fourth-order valence-corrected chi connectivity index (χ4v) is 2.70. The summed E-state index contributed by atoms with van der Waals surface area (Å²) in [6, 6.07) is 12.5. The van der Waals surface area contributed by atoms with Crippen molar-refractivity contribution in [3.05, 3.63) is 64.7 Å². The van der Waals surface area contributed by atoms with Crippen molar-refractivity contribution in [1.29, 1.82) is 5.26 Å². The van der Waals surface area contributed by atoms with Crippen LogP contribution in [0.15, 0.2) is 42.5 Å². The number of amides is 2. The maximum atomic E-state index is 12.4. The second kappa shape index (κ2) is 7.19. The molecule has 1 aliphatic heterocycles. The first kappa shape index (κ1) is 17.4. The number of nitrogens with zero attached hydrogens (tertiary/aromatic N) is 2. The van der Waals surface area contributed by atoms with Gasteiger partial charge in [-0.3, -0.25) is 14.5 Å². The molecule has 6 heteroatoms. The molecule has 130 valence electrons. The monoisotopic (exact) mass is 348 g/mol. The fraction of sp³-hybridized carbons (Fsp3) is 0.200. The van der Waals surface area contributed by atoms with E-state index in [0.717, 1.165) is 12.8 Å². The van der Waals surface area contributed by atoms with Crippen LogP contribution in [-0.2, 0) is 0 Å². The number of unbranched alkanes of at least 4 members (excludes halogenated alkanes) is 1. The molecular formula is C20H16N2O4. The number of imide groups is 1. The molecule has 2 aromatic rings. The van der Waals surface area contributed by atoms with Crippen LogP contribution in [0.5, 0.6) is 5.75 Å². The van der Waals surface area contributed by atoms with E-state index < -0.39 is 5.97 Å². The van der Waals surface area contributed by atoms with Gasteiger partial charge >= 0.3 is 5.97 Å². The van der Waals surface area contributed by atoms with Crippen LogP contribution in [0.3, 0.4) is 0 Å². The molecule has 0 bridgehead atoms. The van der Waals surface area contributed by atoms with E-state index in [1.165, 1.54) is 35.2 Å². The van der Waals surface area contributed by atoms with Gasteiger partial charge in [0.15, 0.2) is 0 Å². The molecule has 3 rings (SSSR count). The van der Waals surface area contributed by atoms with E-state index in [0.29, 0.717) is 23.4 Å². The van der Waals surface area contributed by atoms with Crippen LogP contribution in [0, 0.1) is 11.3 Å². The largest absolute Gasteiger partial charge is 0.423 e. The van der Waals surface area contributed by atoms with Gasteiger partial charge in [0, 0.05) is 6.54 Å². The van der Waals surface area contributed by atoms with Gasteiger partial charge in [-0.05, 0) is 48.9 Å². The first-order valence-corrected chi connectivity index (χ1v) is 8.27. The van der Waals surface area contributed by atoms with E-state index in [-0.39, 0.29) is 22.9 Å². The van der Waals surface area contributed by atoms with Crippen molar-refractivity contribution in [1.82, 2.24) is 4.90 Å². The normalized spacial score (nSPS) is 12.7. The summed E-state index contributed by atoms with van der Waals surface area (Å²) in [5, 5.41) is 8.78. The molecule has 0 saturated carbocycles. The smallest absolute Gasteiger partial charge is 0.343 e. The van der Waals surface area contributed by atoms with Gasteiger partial charge in [0.2, 0.25) is 0 Å². The number of hydrogen-bond acceptors (Lipinski definition) is 5. The lowest BCUT2D eigenvalue weighted by molar-refractivity contribution is 0.0651. The Hall–Kier alpha value is -3.46. The Morgan fingerprint density at radius 3 is 2.42 bits per heavy atom. The highest BCUT2D eigenvalue weighted by Gasteiger charge is 2.35. The topological polar surface area (TPSA) is 87.5 Å². The van der Waals surface area contributed by atoms with Crippen molar-refractivity contribution in [2.75, 3.05) is 6.54 Å². The molecule has 0 unspecified atom stereocenters. The second-order valence-electron chi connectivity index (χ2n) is 5.90. The molecule has 0 aliphatic carbocycles. The van der Waals surface area contributed by atoms with E-state index >= 15 is 0 Å². The third kappa shape index (κ3) is 3.20. The Kier molecular flexibility index (Phi) is 4.81. The Morgan fingerprint density at radius 1 is 1.08 bits per heavy atom. The van der Waals surface area contributed by atoms with Gasteiger partial charge in [-0.25, -0.2) is 4.79 Å². The van der Waals surface area contributed by atoms with Gasteiger partial charge in [0.25, 0.3) is 11.8 Å². The number of nitriles is 1. The Balaban J connectivity index is 1.80. The van der Waals surface area contributed by atoms with Crippen LogP contribution in [0.2, 0.25) is 0 Å². The highest BCUT2D eigenvalue weighted by Crippen LogP contribution is 2.25. The number of carbonyl (C=O) groups is 3. The summed E-state index contributed by atoms with van der Waals surface area (Å²) in [4.78, 5) is 38.3. The van der Waals surface area contributed by atoms with E-state index in [1.807, 2.05) is 13.0 Å². The first-order valence-electron chi connectivity index (χ1n) is 8.27. The van der Waals surface area contributed by atoms with E-state index in [1.54, 1.807) is 12.1 Å². The lowest BCUT2D eigenvalue weighted by Crippen LogP contribution is -2.30. The van der Waals surface area contributed by atoms with Crippen molar-refractivity contribution < 1.29 is 19.1 Å². The zero-order valence-corrected chi connectivity index (χ0v) is 14.2. The zero-order valence-electron chi connectivity index (χ0n) is 14.2. The average Bonchev–Trinajstić information content (AvgIpc) is 2.90. The minimum absolute atomic E-state index is 0.187. The summed E-state index contributed by atoms with van der Waals surface area (Å²) >= 11 is 0. The molecule has 6 nitrogen and oxygen atoms in total. The molecule has 0 saturated heterocycles. The predicted octanol–water partition coefficient (Wildman–Crippen LogP) is 3.17. The quantitative estimate of drug-likeness (QED) is 0.470. The first-order chi connectivity index (χ1) is 12.5. The molecule has 0 fully saturated rings. The third-order valence-electron chi connectivity index (χ3n) is 4.14. The molecule has 0 aromatic heterocycles. The van der Waals surface area contributed by atoms with Gasteiger partial charge < -0.3 is 4.74 Å². The summed E-state index contributed by atoms with van der Waals surface area (Å²) in [6.07, 6.45) is 1.61. The lowest BCUT2D eigenvalue weighted by atomic mass is 10.1. The standard InChI is InChI=1S/C20H16N2O4/c1-2-3-10-22-18(23)16-9-6-14(11-17(16)19(22)24)20(25)26-15-7-4-13(12-21)5-8-15/h4-9,11H,2-3,10H2,1H3. The van der Waals surface area contributed by atoms with Crippen molar-refractivity contribution in [2.45, 2.75) is 19.8 Å². The van der Waals surface area contributed by atoms with Crippen LogP contribution >= 0.6 is 0 Å². The molecule has 26 heavy (non-hydrogen) atoms. The number of benzene rings is 2. The van der Waals surface area contributed by atoms with Gasteiger partial charge in [0.05, 0.1) is 28.3 Å². The average molecular weight is 348 g/mol. The Labute approximate surface area is 150 Å². The van der Waals surface area contributed by atoms with Crippen LogP contribution in [-0.4, -0.2) is 29.2 Å². The maximum Gasteiger partial charge on any atom is 0.343 e. The van der Waals surface area contributed by atoms with Crippen LogP contribution in [0.4, 0.5) is 0 Å². The van der Waals surface area contributed by atoms with E-state index in [2.05, 4.69) is 0 Å². The summed E-state index contributed by atoms with van der Waals surface area (Å²) < 4.78 is 5.26. The molecule has 0 spiro atoms. The molecule has 1 heterocycles. The Morgan fingerprint density at radius 2 is 1.77 bits per heavy atom. The summed E-state index contributed by atoms with van der Waals surface area (Å²) in [7, 11) is 0. The van der Waals surface area contributed by atoms with Gasteiger partial charge in [-0.2, -0.15) is 5.26 Å². The summed E-state index contributed by atoms with van der Waals surface area (Å²) in [6.45, 7) is 2.35. The van der Waals surface area contributed by atoms with Crippen LogP contribution < -0.4 is 4.74 Å². The highest BCUT2D eigenvalue weighted by molar-refractivity contribution is 6.22. The highest BCUT2D eigenvalue weighted by atomic mass is 16.5. The summed E-state index contributed by atoms with van der Waals surface area (Å²) in [5.41, 5.74) is 1.17. The van der Waals surface area contributed by atoms with E-state index in [9.17, 15) is 14.4 Å². The van der Waals surface area contributed by atoms with Gasteiger partial charge in [-0.1, -0.05) is 13.3 Å². The number of fused-ring (bicyclic) bond motifs is 1. The summed E-state index contributed by atoms with van der Waals surface area (Å²) in [5.74, 6) is -1.05. The number of hydrogen-bond donors (Lipinski definition) is 0. The SMILES string of the molecule is CCCCN1C(=O)c2ccc(C(=O)Oc3ccc(C#N)cc3)cc2C1=O. The number of esters is 1. The molecule has 0 atom stereocenters. The van der Waals surface area contributed by atoms with Crippen molar-refractivity contribution in [3.8, 4) is 11.8 Å². The molecule has 0 radical (unpaired) electrons. The fourth-order valence-electron chi connectivity index (χ4n) is 2.70. The maximum absolute atomic E-state index is 12.4. The predicted molar refractivity (Wildman–Crippen MR) is 92.8 cm³/mol. The van der Waals surface area contributed by atoms with Gasteiger partial charge in [0.1, 0.15) is 5.75 Å². The Bertz CT molecular complexity index is 926. The molecule has 2 aromatic carbocycles. The zero-order chi connectivity index (χ0) is 18.7. The van der Waals surface area contributed by atoms with E-state index in [4.69, 9.17) is 10.00 Å². The second-order valence-corrected chi connectivity index (χ2v) is 5.90. The lowest BCUT2D eigenvalue weighted by Gasteiger charge is -2.12. The van der Waals surface area contributed by atoms with Crippen molar-refractivity contribution in [3.63, 3.8) is 0 Å². The molecular weight excluding hydrogens is 332 g/mol. The minimum Gasteiger partial charge on any atom is -0.423 e.